The molecular formula is C10H9ClFNO2. The third-order valence-electron chi connectivity index (χ3n) is 1.81. The predicted molar refractivity (Wildman–Crippen MR) is 54.2 cm³/mol. The Morgan fingerprint density at radius 2 is 2.00 bits per heavy atom. The fourth-order valence-corrected chi connectivity index (χ4v) is 1.03. The Morgan fingerprint density at radius 1 is 1.40 bits per heavy atom. The number of benzene rings is 1. The number of carbonyl (C=O) groups is 2. The van der Waals surface area contributed by atoms with E-state index in [4.69, 9.17) is 11.6 Å². The van der Waals surface area contributed by atoms with Gasteiger partial charge in [0.05, 0.1) is 5.56 Å². The molecule has 5 heteroatoms. The molecule has 0 spiro atoms. The lowest BCUT2D eigenvalue weighted by molar-refractivity contribution is -0.113. The first-order chi connectivity index (χ1) is 7.02. The molecule has 0 aliphatic carbocycles. The van der Waals surface area contributed by atoms with Gasteiger partial charge >= 0.3 is 0 Å². The molecule has 0 heterocycles. The smallest absolute Gasteiger partial charge is 0.254 e. The molecule has 0 saturated carbocycles. The van der Waals surface area contributed by atoms with Gasteiger partial charge in [0.1, 0.15) is 11.9 Å². The van der Waals surface area contributed by atoms with E-state index >= 15 is 0 Å². The normalized spacial score (nSPS) is 11.9. The summed E-state index contributed by atoms with van der Waals surface area (Å²) in [6.07, 6.45) is 0. The number of halogens is 2. The van der Waals surface area contributed by atoms with E-state index in [0.29, 0.717) is 0 Å². The van der Waals surface area contributed by atoms with Crippen LogP contribution in [0.15, 0.2) is 24.3 Å². The molecule has 0 saturated heterocycles. The number of hydrogen-bond donors (Lipinski definition) is 1. The second-order valence-electron chi connectivity index (χ2n) is 2.98. The van der Waals surface area contributed by atoms with Crippen LogP contribution in [0.4, 0.5) is 4.39 Å². The van der Waals surface area contributed by atoms with Gasteiger partial charge in [-0.25, -0.2) is 4.39 Å². The van der Waals surface area contributed by atoms with Crippen LogP contribution in [-0.2, 0) is 4.79 Å². The average Bonchev–Trinajstić information content (AvgIpc) is 2.18. The summed E-state index contributed by atoms with van der Waals surface area (Å²) in [7, 11) is 0. The Bertz CT molecular complexity index is 395. The topological polar surface area (TPSA) is 46.2 Å². The Balaban J connectivity index is 2.78. The largest absolute Gasteiger partial charge is 0.341 e. The first kappa shape index (κ1) is 11.7. The van der Waals surface area contributed by atoms with Crippen molar-refractivity contribution in [2.24, 2.45) is 0 Å². The second-order valence-corrected chi connectivity index (χ2v) is 3.35. The molecule has 1 N–H and O–H groups in total. The van der Waals surface area contributed by atoms with Crippen LogP contribution in [0.2, 0.25) is 0 Å². The third kappa shape index (κ3) is 3.02. The molecule has 0 aliphatic heterocycles. The molecule has 0 fully saturated rings. The molecule has 1 rings (SSSR count). The lowest BCUT2D eigenvalue weighted by atomic mass is 10.2. The van der Waals surface area contributed by atoms with E-state index in [1.54, 1.807) is 0 Å². The molecule has 1 aromatic rings. The highest BCUT2D eigenvalue weighted by Gasteiger charge is 2.16. The molecule has 3 nitrogen and oxygen atoms in total. The zero-order chi connectivity index (χ0) is 11.4. The van der Waals surface area contributed by atoms with Gasteiger partial charge in [-0.1, -0.05) is 12.1 Å². The van der Waals surface area contributed by atoms with Gasteiger partial charge < -0.3 is 5.32 Å². The number of rotatable bonds is 3. The average molecular weight is 230 g/mol. The van der Waals surface area contributed by atoms with Crippen molar-refractivity contribution in [1.29, 1.82) is 0 Å². The van der Waals surface area contributed by atoms with Crippen molar-refractivity contribution in [2.45, 2.75) is 13.0 Å². The highest BCUT2D eigenvalue weighted by molar-refractivity contribution is 6.64. The summed E-state index contributed by atoms with van der Waals surface area (Å²) in [5, 5.41) is 1.58. The molecule has 0 radical (unpaired) electrons. The summed E-state index contributed by atoms with van der Waals surface area (Å²) in [6, 6.07) is 4.67. The minimum Gasteiger partial charge on any atom is -0.341 e. The lowest BCUT2D eigenvalue weighted by Crippen LogP contribution is -2.36. The molecule has 0 bridgehead atoms. The molecule has 1 aromatic carbocycles. The highest BCUT2D eigenvalue weighted by atomic mass is 35.5. The fraction of sp³-hybridized carbons (Fsp3) is 0.200. The number of carbonyl (C=O) groups excluding carboxylic acids is 2. The fourth-order valence-electron chi connectivity index (χ4n) is 0.976. The van der Waals surface area contributed by atoms with Gasteiger partial charge in [0.2, 0.25) is 5.24 Å². The molecule has 1 atom stereocenters. The SMILES string of the molecule is CC(NC(=O)c1ccccc1F)C(=O)Cl. The van der Waals surface area contributed by atoms with Crippen molar-refractivity contribution in [1.82, 2.24) is 5.32 Å². The Labute approximate surface area is 91.2 Å². The van der Waals surface area contributed by atoms with E-state index in [1.165, 1.54) is 31.2 Å². The summed E-state index contributed by atoms with van der Waals surface area (Å²) in [5.74, 6) is -1.29. The van der Waals surface area contributed by atoms with Crippen molar-refractivity contribution < 1.29 is 14.0 Å². The predicted octanol–water partition coefficient (Wildman–Crippen LogP) is 1.71. The molecule has 1 unspecified atom stereocenters. The van der Waals surface area contributed by atoms with Crippen LogP contribution < -0.4 is 5.32 Å². The summed E-state index contributed by atoms with van der Waals surface area (Å²) in [5.41, 5.74) is -0.109. The first-order valence-corrected chi connectivity index (χ1v) is 4.65. The van der Waals surface area contributed by atoms with Crippen molar-refractivity contribution in [3.05, 3.63) is 35.6 Å². The highest BCUT2D eigenvalue weighted by Crippen LogP contribution is 2.06. The van der Waals surface area contributed by atoms with Gasteiger partial charge in [-0.2, -0.15) is 0 Å². The second kappa shape index (κ2) is 4.89. The van der Waals surface area contributed by atoms with Gasteiger partial charge in [-0.05, 0) is 30.7 Å². The van der Waals surface area contributed by atoms with Crippen molar-refractivity contribution in [2.75, 3.05) is 0 Å². The van der Waals surface area contributed by atoms with Gasteiger partial charge in [-0.15, -0.1) is 0 Å². The van der Waals surface area contributed by atoms with E-state index in [9.17, 15) is 14.0 Å². The zero-order valence-electron chi connectivity index (χ0n) is 7.96. The monoisotopic (exact) mass is 229 g/mol. The van der Waals surface area contributed by atoms with Crippen LogP contribution in [0, 0.1) is 5.82 Å². The maximum Gasteiger partial charge on any atom is 0.254 e. The summed E-state index contributed by atoms with van der Waals surface area (Å²) in [6.45, 7) is 1.42. The van der Waals surface area contributed by atoms with Crippen LogP contribution in [0.5, 0.6) is 0 Å². The van der Waals surface area contributed by atoms with Gasteiger partial charge in [0.15, 0.2) is 0 Å². The summed E-state index contributed by atoms with van der Waals surface area (Å²) >= 11 is 5.15. The molecule has 1 amide bonds. The first-order valence-electron chi connectivity index (χ1n) is 4.27. The lowest BCUT2D eigenvalue weighted by Gasteiger charge is -2.09. The minimum atomic E-state index is -0.834. The van der Waals surface area contributed by atoms with Gasteiger partial charge in [0, 0.05) is 0 Å². The molecule has 0 aromatic heterocycles. The Hall–Kier alpha value is -1.42. The third-order valence-corrected chi connectivity index (χ3v) is 2.13. The van der Waals surface area contributed by atoms with Crippen LogP contribution >= 0.6 is 11.6 Å². The Kier molecular flexibility index (Phi) is 3.80. The summed E-state index contributed by atoms with van der Waals surface area (Å²) in [4.78, 5) is 22.1. The van der Waals surface area contributed by atoms with E-state index in [-0.39, 0.29) is 5.56 Å². The van der Waals surface area contributed by atoms with E-state index in [0.717, 1.165) is 0 Å². The molecule has 80 valence electrons. The maximum absolute atomic E-state index is 13.1. The van der Waals surface area contributed by atoms with Gasteiger partial charge in [0.25, 0.3) is 5.91 Å². The zero-order valence-corrected chi connectivity index (χ0v) is 8.72. The molecular weight excluding hydrogens is 221 g/mol. The van der Waals surface area contributed by atoms with E-state index in [1.807, 2.05) is 0 Å². The Morgan fingerprint density at radius 3 is 2.53 bits per heavy atom. The molecule has 15 heavy (non-hydrogen) atoms. The number of hydrogen-bond acceptors (Lipinski definition) is 2. The quantitative estimate of drug-likeness (QED) is 0.802. The van der Waals surface area contributed by atoms with Crippen molar-refractivity contribution in [3.63, 3.8) is 0 Å². The van der Waals surface area contributed by atoms with Crippen molar-refractivity contribution in [3.8, 4) is 0 Å². The number of amides is 1. The van der Waals surface area contributed by atoms with Crippen molar-refractivity contribution >= 4 is 22.8 Å². The van der Waals surface area contributed by atoms with E-state index < -0.39 is 23.0 Å². The molecule has 0 aliphatic rings. The van der Waals surface area contributed by atoms with Gasteiger partial charge in [-0.3, -0.25) is 9.59 Å². The van der Waals surface area contributed by atoms with Crippen LogP contribution in [0.25, 0.3) is 0 Å². The maximum atomic E-state index is 13.1. The van der Waals surface area contributed by atoms with E-state index in [2.05, 4.69) is 5.32 Å². The standard InChI is InChI=1S/C10H9ClFNO2/c1-6(9(11)14)13-10(15)7-4-2-3-5-8(7)12/h2-6H,1H3,(H,13,15). The van der Waals surface area contributed by atoms with Crippen LogP contribution in [0.1, 0.15) is 17.3 Å². The van der Waals surface area contributed by atoms with Crippen LogP contribution in [0.3, 0.4) is 0 Å². The van der Waals surface area contributed by atoms with Crippen LogP contribution in [-0.4, -0.2) is 17.2 Å². The minimum absolute atomic E-state index is 0.109. The number of nitrogens with one attached hydrogen (secondary N) is 1. The summed E-state index contributed by atoms with van der Waals surface area (Å²) < 4.78 is 13.1.